The maximum Gasteiger partial charge on any atom is 0.236 e. The Morgan fingerprint density at radius 2 is 1.67 bits per heavy atom. The van der Waals surface area contributed by atoms with E-state index in [2.05, 4.69) is 27.0 Å². The maximum atomic E-state index is 12.4. The van der Waals surface area contributed by atoms with E-state index in [1.807, 2.05) is 11.9 Å². The first-order chi connectivity index (χ1) is 12.6. The number of amides is 1. The van der Waals surface area contributed by atoms with Crippen molar-refractivity contribution in [1.29, 1.82) is 0 Å². The number of nitrogens with one attached hydrogen (secondary N) is 1. The molecule has 1 saturated carbocycles. The molecule has 27 heavy (non-hydrogen) atoms. The lowest BCUT2D eigenvalue weighted by atomic mass is 9.89. The van der Waals surface area contributed by atoms with Crippen molar-refractivity contribution in [2.45, 2.75) is 32.6 Å². The Balaban J connectivity index is 0.00000261. The van der Waals surface area contributed by atoms with E-state index in [9.17, 15) is 4.79 Å². The van der Waals surface area contributed by atoms with Crippen LogP contribution in [-0.2, 0) is 9.53 Å². The van der Waals surface area contributed by atoms with Crippen LogP contribution in [0.5, 0.6) is 0 Å². The van der Waals surface area contributed by atoms with E-state index in [0.717, 1.165) is 51.8 Å². The van der Waals surface area contributed by atoms with Gasteiger partial charge in [-0.15, -0.1) is 24.0 Å². The number of morpholine rings is 1. The molecule has 2 aliphatic heterocycles. The van der Waals surface area contributed by atoms with Crippen LogP contribution < -0.4 is 5.32 Å². The number of guanidine groups is 1. The number of carbonyl (C=O) groups is 1. The minimum atomic E-state index is 0. The number of aliphatic imine (C=N–C) groups is 1. The van der Waals surface area contributed by atoms with Gasteiger partial charge in [0, 0.05) is 52.9 Å². The Bertz CT molecular complexity index is 496. The zero-order valence-corrected chi connectivity index (χ0v) is 19.2. The molecular weight excluding hydrogens is 457 g/mol. The van der Waals surface area contributed by atoms with Crippen LogP contribution in [0.2, 0.25) is 0 Å². The molecule has 0 atom stereocenters. The highest BCUT2D eigenvalue weighted by molar-refractivity contribution is 14.0. The summed E-state index contributed by atoms with van der Waals surface area (Å²) < 4.78 is 5.33. The minimum Gasteiger partial charge on any atom is -0.378 e. The highest BCUT2D eigenvalue weighted by Crippen LogP contribution is 2.36. The summed E-state index contributed by atoms with van der Waals surface area (Å²) in [5.74, 6) is 1.25. The van der Waals surface area contributed by atoms with Gasteiger partial charge < -0.3 is 19.9 Å². The van der Waals surface area contributed by atoms with Crippen LogP contribution in [0.25, 0.3) is 0 Å². The Morgan fingerprint density at radius 1 is 1.04 bits per heavy atom. The van der Waals surface area contributed by atoms with Crippen LogP contribution in [0.1, 0.15) is 32.6 Å². The zero-order chi connectivity index (χ0) is 18.4. The summed E-state index contributed by atoms with van der Waals surface area (Å²) in [6.45, 7) is 10.4. The highest BCUT2D eigenvalue weighted by atomic mass is 127. The second-order valence-electron chi connectivity index (χ2n) is 8.17. The monoisotopic (exact) mass is 493 g/mol. The fourth-order valence-electron chi connectivity index (χ4n) is 4.25. The number of nitrogens with zero attached hydrogens (tertiary/aromatic N) is 4. The summed E-state index contributed by atoms with van der Waals surface area (Å²) >= 11 is 0. The second kappa shape index (κ2) is 10.8. The Labute approximate surface area is 180 Å². The zero-order valence-electron chi connectivity index (χ0n) is 16.9. The number of piperazine rings is 1. The predicted molar refractivity (Wildman–Crippen MR) is 119 cm³/mol. The SMILES string of the molecule is CN=C(NCC1(C)CCCC1)N1CCN(CC(=O)N2CCOCC2)CC1.I. The van der Waals surface area contributed by atoms with Crippen molar-refractivity contribution in [1.82, 2.24) is 20.0 Å². The minimum absolute atomic E-state index is 0. The van der Waals surface area contributed by atoms with Crippen molar-refractivity contribution < 1.29 is 9.53 Å². The molecule has 0 unspecified atom stereocenters. The average molecular weight is 493 g/mol. The normalized spacial score (nSPS) is 23.9. The number of hydrogen-bond donors (Lipinski definition) is 1. The lowest BCUT2D eigenvalue weighted by Crippen LogP contribution is -2.55. The van der Waals surface area contributed by atoms with Crippen molar-refractivity contribution in [3.05, 3.63) is 0 Å². The summed E-state index contributed by atoms with van der Waals surface area (Å²) in [4.78, 5) is 23.4. The van der Waals surface area contributed by atoms with Gasteiger partial charge in [0.15, 0.2) is 5.96 Å². The first kappa shape index (κ1) is 22.7. The quantitative estimate of drug-likeness (QED) is 0.363. The number of carbonyl (C=O) groups excluding carboxylic acids is 1. The largest absolute Gasteiger partial charge is 0.378 e. The second-order valence-corrected chi connectivity index (χ2v) is 8.17. The fourth-order valence-corrected chi connectivity index (χ4v) is 4.25. The highest BCUT2D eigenvalue weighted by Gasteiger charge is 2.30. The number of rotatable bonds is 4. The van der Waals surface area contributed by atoms with E-state index in [1.54, 1.807) is 0 Å². The topological polar surface area (TPSA) is 60.4 Å². The van der Waals surface area contributed by atoms with E-state index >= 15 is 0 Å². The van der Waals surface area contributed by atoms with Gasteiger partial charge in [0.05, 0.1) is 19.8 Å². The molecule has 0 radical (unpaired) electrons. The van der Waals surface area contributed by atoms with Crippen molar-refractivity contribution >= 4 is 35.8 Å². The van der Waals surface area contributed by atoms with Crippen LogP contribution in [-0.4, -0.2) is 99.2 Å². The molecule has 7 nitrogen and oxygen atoms in total. The molecular formula is C19H36IN5O2. The van der Waals surface area contributed by atoms with E-state index in [-0.39, 0.29) is 29.9 Å². The van der Waals surface area contributed by atoms with Gasteiger partial charge >= 0.3 is 0 Å². The van der Waals surface area contributed by atoms with Gasteiger partial charge in [0.1, 0.15) is 0 Å². The van der Waals surface area contributed by atoms with Crippen LogP contribution in [0.4, 0.5) is 0 Å². The average Bonchev–Trinajstić information content (AvgIpc) is 3.11. The van der Waals surface area contributed by atoms with E-state index in [4.69, 9.17) is 4.74 Å². The lowest BCUT2D eigenvalue weighted by Gasteiger charge is -2.38. The van der Waals surface area contributed by atoms with Crippen molar-refractivity contribution in [3.63, 3.8) is 0 Å². The van der Waals surface area contributed by atoms with Crippen LogP contribution in [0.3, 0.4) is 0 Å². The molecule has 1 aliphatic carbocycles. The molecule has 2 heterocycles. The molecule has 0 bridgehead atoms. The molecule has 0 aromatic rings. The summed E-state index contributed by atoms with van der Waals surface area (Å²) in [6.07, 6.45) is 5.34. The van der Waals surface area contributed by atoms with Crippen molar-refractivity contribution in [3.8, 4) is 0 Å². The molecule has 1 N–H and O–H groups in total. The molecule has 3 aliphatic rings. The molecule has 3 rings (SSSR count). The molecule has 156 valence electrons. The number of halogens is 1. The summed E-state index contributed by atoms with van der Waals surface area (Å²) in [5.41, 5.74) is 0.419. The van der Waals surface area contributed by atoms with E-state index < -0.39 is 0 Å². The number of hydrogen-bond acceptors (Lipinski definition) is 4. The molecule has 0 aromatic carbocycles. The van der Waals surface area contributed by atoms with Gasteiger partial charge in [-0.05, 0) is 18.3 Å². The smallest absolute Gasteiger partial charge is 0.236 e. The Hall–Kier alpha value is -0.610. The van der Waals surface area contributed by atoms with Gasteiger partial charge in [-0.25, -0.2) is 0 Å². The third kappa shape index (κ3) is 6.45. The molecule has 0 spiro atoms. The molecule has 8 heteroatoms. The first-order valence-electron chi connectivity index (χ1n) is 10.1. The van der Waals surface area contributed by atoms with Gasteiger partial charge in [-0.3, -0.25) is 14.7 Å². The number of ether oxygens (including phenoxy) is 1. The molecule has 3 fully saturated rings. The molecule has 1 amide bonds. The summed E-state index contributed by atoms with van der Waals surface area (Å²) in [6, 6.07) is 0. The van der Waals surface area contributed by atoms with Crippen molar-refractivity contribution in [2.75, 3.05) is 72.6 Å². The van der Waals surface area contributed by atoms with Crippen LogP contribution in [0, 0.1) is 5.41 Å². The third-order valence-corrected chi connectivity index (χ3v) is 6.09. The van der Waals surface area contributed by atoms with Gasteiger partial charge in [0.2, 0.25) is 5.91 Å². The van der Waals surface area contributed by atoms with Gasteiger partial charge in [-0.2, -0.15) is 0 Å². The Morgan fingerprint density at radius 3 is 2.26 bits per heavy atom. The van der Waals surface area contributed by atoms with Crippen molar-refractivity contribution in [2.24, 2.45) is 10.4 Å². The first-order valence-corrected chi connectivity index (χ1v) is 10.1. The standard InChI is InChI=1S/C19H35N5O2.HI/c1-19(5-3-4-6-19)16-21-18(20-2)24-9-7-22(8-10-24)15-17(25)23-11-13-26-14-12-23;/h3-16H2,1-2H3,(H,20,21);1H. The van der Waals surface area contributed by atoms with Gasteiger partial charge in [0.25, 0.3) is 0 Å². The summed E-state index contributed by atoms with van der Waals surface area (Å²) in [5, 5.41) is 3.60. The Kier molecular flexibility index (Phi) is 9.07. The van der Waals surface area contributed by atoms with Crippen LogP contribution >= 0.6 is 24.0 Å². The molecule has 0 aromatic heterocycles. The third-order valence-electron chi connectivity index (χ3n) is 6.09. The predicted octanol–water partition coefficient (Wildman–Crippen LogP) is 1.24. The maximum absolute atomic E-state index is 12.4. The fraction of sp³-hybridized carbons (Fsp3) is 0.895. The van der Waals surface area contributed by atoms with Gasteiger partial charge in [-0.1, -0.05) is 19.8 Å². The molecule has 2 saturated heterocycles. The van der Waals surface area contributed by atoms with E-state index in [0.29, 0.717) is 25.2 Å². The van der Waals surface area contributed by atoms with E-state index in [1.165, 1.54) is 25.7 Å². The lowest BCUT2D eigenvalue weighted by molar-refractivity contribution is -0.136. The summed E-state index contributed by atoms with van der Waals surface area (Å²) in [7, 11) is 1.87. The van der Waals surface area contributed by atoms with Crippen LogP contribution in [0.15, 0.2) is 4.99 Å².